The molecule has 0 unspecified atom stereocenters. The monoisotopic (exact) mass is 512 g/mol. The molecule has 1 aromatic carbocycles. The number of halogens is 4. The number of hydrogen-bond acceptors (Lipinski definition) is 6. The lowest BCUT2D eigenvalue weighted by Gasteiger charge is -2.38. The molecule has 0 aliphatic carbocycles. The van der Waals surface area contributed by atoms with Gasteiger partial charge in [-0.3, -0.25) is 4.68 Å². The highest BCUT2D eigenvalue weighted by Crippen LogP contribution is 2.42. The van der Waals surface area contributed by atoms with E-state index in [0.717, 1.165) is 18.5 Å². The number of rotatable bonds is 4. The fourth-order valence-corrected chi connectivity index (χ4v) is 4.68. The van der Waals surface area contributed by atoms with Crippen LogP contribution in [0.25, 0.3) is 22.2 Å². The molecule has 192 valence electrons. The summed E-state index contributed by atoms with van der Waals surface area (Å²) in [5, 5.41) is 22.1. The normalized spacial score (nSPS) is 16.2. The van der Waals surface area contributed by atoms with Gasteiger partial charge in [-0.15, -0.1) is 10.2 Å². The summed E-state index contributed by atoms with van der Waals surface area (Å²) in [5.74, 6) is 0.273. The SMILES string of the molecule is Cn1cnnc1C1(F)CCN(c2c(C#N)cccc2-c2cnc3nn(C(C)(C)C(F)(F)F)cc3c2)CC1. The number of piperidine rings is 1. The molecular formula is C25H24F4N8. The van der Waals surface area contributed by atoms with E-state index in [1.54, 1.807) is 29.8 Å². The molecular weight excluding hydrogens is 488 g/mol. The number of hydrogen-bond donors (Lipinski definition) is 0. The second kappa shape index (κ2) is 8.54. The van der Waals surface area contributed by atoms with Gasteiger partial charge in [0.05, 0.1) is 11.3 Å². The summed E-state index contributed by atoms with van der Waals surface area (Å²) in [7, 11) is 1.70. The predicted molar refractivity (Wildman–Crippen MR) is 128 cm³/mol. The highest BCUT2D eigenvalue weighted by molar-refractivity contribution is 5.87. The summed E-state index contributed by atoms with van der Waals surface area (Å²) in [6, 6.07) is 9.17. The number of nitrogens with zero attached hydrogens (tertiary/aromatic N) is 8. The number of aromatic nitrogens is 6. The molecule has 4 aromatic rings. The summed E-state index contributed by atoms with van der Waals surface area (Å²) in [6.07, 6.45) is 0.143. The number of para-hydroxylation sites is 1. The summed E-state index contributed by atoms with van der Waals surface area (Å²) in [5.41, 5.74) is -1.32. The molecule has 0 spiro atoms. The Labute approximate surface area is 210 Å². The minimum atomic E-state index is -4.50. The van der Waals surface area contributed by atoms with Gasteiger partial charge < -0.3 is 9.47 Å². The van der Waals surface area contributed by atoms with E-state index >= 15 is 4.39 Å². The van der Waals surface area contributed by atoms with Crippen molar-refractivity contribution < 1.29 is 17.6 Å². The summed E-state index contributed by atoms with van der Waals surface area (Å²) in [4.78, 5) is 6.26. The van der Waals surface area contributed by atoms with Gasteiger partial charge in [-0.1, -0.05) is 12.1 Å². The molecule has 0 N–H and O–H groups in total. The molecule has 1 aliphatic heterocycles. The summed E-state index contributed by atoms with van der Waals surface area (Å²) in [6.45, 7) is 2.78. The minimum absolute atomic E-state index is 0.162. The van der Waals surface area contributed by atoms with Gasteiger partial charge in [-0.05, 0) is 26.0 Å². The number of pyridine rings is 1. The third-order valence-electron chi connectivity index (χ3n) is 7.08. The molecule has 1 aliphatic rings. The maximum absolute atomic E-state index is 15.7. The maximum Gasteiger partial charge on any atom is 0.413 e. The van der Waals surface area contributed by atoms with E-state index in [0.29, 0.717) is 40.9 Å². The average Bonchev–Trinajstić information content (AvgIpc) is 3.50. The van der Waals surface area contributed by atoms with Crippen LogP contribution in [0.4, 0.5) is 23.2 Å². The quantitative estimate of drug-likeness (QED) is 0.363. The molecule has 5 rings (SSSR count). The fourth-order valence-electron chi connectivity index (χ4n) is 4.68. The molecule has 12 heteroatoms. The molecule has 37 heavy (non-hydrogen) atoms. The van der Waals surface area contributed by atoms with Gasteiger partial charge >= 0.3 is 6.18 Å². The van der Waals surface area contributed by atoms with E-state index < -0.39 is 17.4 Å². The van der Waals surface area contributed by atoms with Gasteiger partial charge in [0.15, 0.2) is 22.7 Å². The summed E-state index contributed by atoms with van der Waals surface area (Å²) < 4.78 is 58.8. The standard InChI is InChI=1S/C25H24F4N8/c1-23(2,25(27,28)29)37-14-18-11-17(13-31-21(18)34-37)19-6-4-5-16(12-30)20(19)36-9-7-24(26,8-10-36)22-33-32-15-35(22)3/h4-6,11,13-15H,7-10H2,1-3H3. The van der Waals surface area contributed by atoms with E-state index in [1.165, 1.54) is 18.7 Å². The van der Waals surface area contributed by atoms with E-state index in [2.05, 4.69) is 26.3 Å². The van der Waals surface area contributed by atoms with Crippen LogP contribution in [-0.4, -0.2) is 48.8 Å². The number of alkyl halides is 4. The van der Waals surface area contributed by atoms with E-state index in [9.17, 15) is 18.4 Å². The van der Waals surface area contributed by atoms with Crippen molar-refractivity contribution in [2.24, 2.45) is 7.05 Å². The lowest BCUT2D eigenvalue weighted by molar-refractivity contribution is -0.205. The van der Waals surface area contributed by atoms with Crippen molar-refractivity contribution >= 4 is 16.7 Å². The van der Waals surface area contributed by atoms with Crippen molar-refractivity contribution in [2.75, 3.05) is 18.0 Å². The van der Waals surface area contributed by atoms with Crippen molar-refractivity contribution in [1.82, 2.24) is 29.5 Å². The van der Waals surface area contributed by atoms with Crippen LogP contribution < -0.4 is 4.90 Å². The third-order valence-corrected chi connectivity index (χ3v) is 7.08. The number of anilines is 1. The van der Waals surface area contributed by atoms with Crippen LogP contribution in [0, 0.1) is 11.3 Å². The van der Waals surface area contributed by atoms with E-state index in [-0.39, 0.29) is 24.3 Å². The molecule has 0 radical (unpaired) electrons. The Hall–Kier alpha value is -4.01. The molecule has 1 saturated heterocycles. The number of nitriles is 1. The molecule has 8 nitrogen and oxygen atoms in total. The second-order valence-corrected chi connectivity index (χ2v) is 9.80. The highest BCUT2D eigenvalue weighted by atomic mass is 19.4. The third kappa shape index (κ3) is 4.08. The number of benzene rings is 1. The smallest absolute Gasteiger partial charge is 0.370 e. The first-order valence-electron chi connectivity index (χ1n) is 11.7. The zero-order valence-corrected chi connectivity index (χ0v) is 20.5. The lowest BCUT2D eigenvalue weighted by atomic mass is 9.90. The maximum atomic E-state index is 15.7. The van der Waals surface area contributed by atoms with Crippen molar-refractivity contribution in [3.8, 4) is 17.2 Å². The highest BCUT2D eigenvalue weighted by Gasteiger charge is 2.49. The molecule has 0 amide bonds. The van der Waals surface area contributed by atoms with E-state index in [1.807, 2.05) is 11.0 Å². The minimum Gasteiger partial charge on any atom is -0.370 e. The first-order chi connectivity index (χ1) is 17.4. The van der Waals surface area contributed by atoms with Crippen molar-refractivity contribution in [1.29, 1.82) is 5.26 Å². The average molecular weight is 513 g/mol. The van der Waals surface area contributed by atoms with Gasteiger partial charge in [0.2, 0.25) is 0 Å². The largest absolute Gasteiger partial charge is 0.413 e. The Bertz CT molecular complexity index is 1500. The predicted octanol–water partition coefficient (Wildman–Crippen LogP) is 4.86. The van der Waals surface area contributed by atoms with Crippen LogP contribution in [0.5, 0.6) is 0 Å². The lowest BCUT2D eigenvalue weighted by Crippen LogP contribution is -2.42. The van der Waals surface area contributed by atoms with Gasteiger partial charge in [0.1, 0.15) is 12.4 Å². The van der Waals surface area contributed by atoms with Gasteiger partial charge in [0, 0.05) is 61.9 Å². The Morgan fingerprint density at radius 2 is 1.86 bits per heavy atom. The first-order valence-corrected chi connectivity index (χ1v) is 11.7. The Morgan fingerprint density at radius 3 is 2.49 bits per heavy atom. The van der Waals surface area contributed by atoms with Crippen LogP contribution >= 0.6 is 0 Å². The number of fused-ring (bicyclic) bond motifs is 1. The topological polar surface area (TPSA) is 88.4 Å². The fraction of sp³-hybridized carbons (Fsp3) is 0.400. The molecule has 1 fully saturated rings. The van der Waals surface area contributed by atoms with Crippen LogP contribution in [0.3, 0.4) is 0 Å². The van der Waals surface area contributed by atoms with Crippen LogP contribution in [0.15, 0.2) is 43.0 Å². The summed E-state index contributed by atoms with van der Waals surface area (Å²) >= 11 is 0. The molecule has 0 saturated carbocycles. The molecule has 0 atom stereocenters. The second-order valence-electron chi connectivity index (χ2n) is 9.80. The van der Waals surface area contributed by atoms with Crippen molar-refractivity contribution in [2.45, 2.75) is 44.1 Å². The van der Waals surface area contributed by atoms with Gasteiger partial charge in [0.25, 0.3) is 0 Å². The van der Waals surface area contributed by atoms with Gasteiger partial charge in [-0.25, -0.2) is 9.37 Å². The van der Waals surface area contributed by atoms with Crippen molar-refractivity contribution in [3.05, 3.63) is 54.4 Å². The zero-order chi connectivity index (χ0) is 26.6. The van der Waals surface area contributed by atoms with Gasteiger partial charge in [-0.2, -0.15) is 23.5 Å². The molecule has 0 bridgehead atoms. The zero-order valence-electron chi connectivity index (χ0n) is 20.5. The number of aryl methyl sites for hydroxylation is 1. The first kappa shape index (κ1) is 24.7. The Balaban J connectivity index is 1.51. The van der Waals surface area contributed by atoms with Crippen molar-refractivity contribution in [3.63, 3.8) is 0 Å². The molecule has 4 heterocycles. The Kier molecular flexibility index (Phi) is 5.69. The Morgan fingerprint density at radius 1 is 1.14 bits per heavy atom. The van der Waals surface area contributed by atoms with Crippen LogP contribution in [0.1, 0.15) is 38.1 Å². The van der Waals surface area contributed by atoms with Crippen LogP contribution in [0.2, 0.25) is 0 Å². The van der Waals surface area contributed by atoms with Crippen LogP contribution in [-0.2, 0) is 18.3 Å². The molecule has 3 aromatic heterocycles. The van der Waals surface area contributed by atoms with E-state index in [4.69, 9.17) is 0 Å².